The molecule has 0 aromatic carbocycles. The van der Waals surface area contributed by atoms with Crippen LogP contribution in [0, 0.1) is 11.8 Å². The number of aliphatic hydroxyl groups excluding tert-OH is 1. The maximum atomic E-state index is 9.44. The molecule has 0 saturated heterocycles. The van der Waals surface area contributed by atoms with Crippen LogP contribution in [0.5, 0.6) is 0 Å². The highest BCUT2D eigenvalue weighted by Crippen LogP contribution is 2.44. The van der Waals surface area contributed by atoms with Crippen molar-refractivity contribution in [2.24, 2.45) is 17.0 Å². The van der Waals surface area contributed by atoms with Crippen LogP contribution in [0.4, 0.5) is 0 Å². The minimum absolute atomic E-state index is 0.146. The SMILES string of the molecule is [N-]=[N+]=N[C@H]1[C@@H]2CC[C@H]1C[C@H](O)C2. The van der Waals surface area contributed by atoms with Crippen LogP contribution in [0.15, 0.2) is 5.11 Å². The minimum Gasteiger partial charge on any atom is -0.393 e. The summed E-state index contributed by atoms with van der Waals surface area (Å²) in [5, 5.41) is 13.3. The maximum Gasteiger partial charge on any atom is 0.0545 e. The Kier molecular flexibility index (Phi) is 1.95. The maximum absolute atomic E-state index is 9.44. The second kappa shape index (κ2) is 2.96. The Labute approximate surface area is 71.2 Å². The third-order valence-corrected chi connectivity index (χ3v) is 3.21. The summed E-state index contributed by atoms with van der Waals surface area (Å²) in [4.78, 5) is 2.87. The van der Waals surface area contributed by atoms with Gasteiger partial charge in [0.2, 0.25) is 0 Å². The van der Waals surface area contributed by atoms with Gasteiger partial charge in [-0.2, -0.15) is 0 Å². The molecular formula is C8H13N3O. The lowest BCUT2D eigenvalue weighted by Crippen LogP contribution is -2.31. The third-order valence-electron chi connectivity index (χ3n) is 3.21. The van der Waals surface area contributed by atoms with Gasteiger partial charge in [-0.05, 0) is 43.1 Å². The van der Waals surface area contributed by atoms with Crippen LogP contribution in [0.1, 0.15) is 25.7 Å². The van der Waals surface area contributed by atoms with Gasteiger partial charge in [0, 0.05) is 11.0 Å². The molecule has 4 atom stereocenters. The number of aliphatic hydroxyl groups is 1. The molecule has 4 nitrogen and oxygen atoms in total. The number of fused-ring (bicyclic) bond motifs is 2. The standard InChI is InChI=1S/C8H13N3O/c9-11-10-8-5-1-2-6(8)4-7(12)3-5/h5-8,12H,1-4H2/t5-,6+,7-,8+. The number of hydrogen-bond acceptors (Lipinski definition) is 2. The van der Waals surface area contributed by atoms with E-state index in [1.807, 2.05) is 0 Å². The highest BCUT2D eigenvalue weighted by Gasteiger charge is 2.41. The fourth-order valence-corrected chi connectivity index (χ4v) is 2.71. The number of nitrogens with zero attached hydrogens (tertiary/aromatic N) is 3. The van der Waals surface area contributed by atoms with Crippen molar-refractivity contribution >= 4 is 0 Å². The van der Waals surface area contributed by atoms with Crippen LogP contribution < -0.4 is 0 Å². The molecule has 0 aliphatic heterocycles. The average molecular weight is 167 g/mol. The van der Waals surface area contributed by atoms with Gasteiger partial charge in [0.25, 0.3) is 0 Å². The molecule has 2 saturated carbocycles. The van der Waals surface area contributed by atoms with Crippen LogP contribution in [0.2, 0.25) is 0 Å². The van der Waals surface area contributed by atoms with E-state index in [9.17, 15) is 5.11 Å². The average Bonchev–Trinajstić information content (AvgIpc) is 2.32. The second-order valence-electron chi connectivity index (χ2n) is 3.92. The molecule has 0 radical (unpaired) electrons. The molecule has 0 amide bonds. The monoisotopic (exact) mass is 167 g/mol. The molecule has 2 bridgehead atoms. The van der Waals surface area contributed by atoms with Crippen molar-refractivity contribution in [2.45, 2.75) is 37.8 Å². The van der Waals surface area contributed by atoms with E-state index < -0.39 is 0 Å². The second-order valence-corrected chi connectivity index (χ2v) is 3.92. The molecule has 2 fully saturated rings. The molecule has 0 unspecified atom stereocenters. The fourth-order valence-electron chi connectivity index (χ4n) is 2.71. The van der Waals surface area contributed by atoms with Crippen molar-refractivity contribution in [2.75, 3.05) is 0 Å². The molecule has 0 heterocycles. The number of azide groups is 1. The Morgan fingerprint density at radius 3 is 2.33 bits per heavy atom. The Hall–Kier alpha value is -0.730. The minimum atomic E-state index is -0.146. The first-order valence-corrected chi connectivity index (χ1v) is 4.53. The summed E-state index contributed by atoms with van der Waals surface area (Å²) >= 11 is 0. The van der Waals surface area contributed by atoms with E-state index in [1.165, 1.54) is 0 Å². The zero-order valence-electron chi connectivity index (χ0n) is 6.93. The lowest BCUT2D eigenvalue weighted by Gasteiger charge is -2.29. The molecule has 4 heteroatoms. The molecule has 1 N–H and O–H groups in total. The largest absolute Gasteiger partial charge is 0.393 e. The molecule has 0 spiro atoms. The predicted octanol–water partition coefficient (Wildman–Crippen LogP) is 1.85. The summed E-state index contributed by atoms with van der Waals surface area (Å²) in [6.07, 6.45) is 3.78. The Bertz CT molecular complexity index is 210. The summed E-state index contributed by atoms with van der Waals surface area (Å²) < 4.78 is 0. The zero-order valence-corrected chi connectivity index (χ0v) is 6.93. The molecule has 2 rings (SSSR count). The first-order valence-electron chi connectivity index (χ1n) is 4.53. The third kappa shape index (κ3) is 1.17. The van der Waals surface area contributed by atoms with Gasteiger partial charge < -0.3 is 5.11 Å². The number of rotatable bonds is 1. The van der Waals surface area contributed by atoms with Gasteiger partial charge >= 0.3 is 0 Å². The predicted molar refractivity (Wildman–Crippen MR) is 44.4 cm³/mol. The lowest BCUT2D eigenvalue weighted by molar-refractivity contribution is 0.0851. The molecule has 0 aromatic rings. The summed E-state index contributed by atoms with van der Waals surface area (Å²) in [5.74, 6) is 0.907. The van der Waals surface area contributed by atoms with Gasteiger partial charge in [0.1, 0.15) is 0 Å². The highest BCUT2D eigenvalue weighted by atomic mass is 16.3. The summed E-state index contributed by atoms with van der Waals surface area (Å²) in [5.41, 5.74) is 8.34. The first kappa shape index (κ1) is 7.90. The highest BCUT2D eigenvalue weighted by molar-refractivity contribution is 4.96. The van der Waals surface area contributed by atoms with Crippen LogP contribution in [0.3, 0.4) is 0 Å². The first-order chi connectivity index (χ1) is 5.81. The van der Waals surface area contributed by atoms with E-state index in [4.69, 9.17) is 5.53 Å². The summed E-state index contributed by atoms with van der Waals surface area (Å²) in [7, 11) is 0. The van der Waals surface area contributed by atoms with E-state index in [0.29, 0.717) is 11.8 Å². The summed E-state index contributed by atoms with van der Waals surface area (Å²) in [6.45, 7) is 0. The van der Waals surface area contributed by atoms with Gasteiger partial charge in [-0.3, -0.25) is 0 Å². The van der Waals surface area contributed by atoms with E-state index in [0.717, 1.165) is 25.7 Å². The van der Waals surface area contributed by atoms with Crippen LogP contribution in [-0.2, 0) is 0 Å². The van der Waals surface area contributed by atoms with Gasteiger partial charge in [0.05, 0.1) is 6.10 Å². The van der Waals surface area contributed by atoms with Gasteiger partial charge in [0.15, 0.2) is 0 Å². The van der Waals surface area contributed by atoms with E-state index >= 15 is 0 Å². The van der Waals surface area contributed by atoms with Gasteiger partial charge in [-0.15, -0.1) is 0 Å². The fraction of sp³-hybridized carbons (Fsp3) is 1.00. The van der Waals surface area contributed by atoms with Crippen molar-refractivity contribution in [1.82, 2.24) is 0 Å². The van der Waals surface area contributed by atoms with Gasteiger partial charge in [-0.1, -0.05) is 5.11 Å². The molecule has 2 aliphatic carbocycles. The van der Waals surface area contributed by atoms with E-state index in [1.54, 1.807) is 0 Å². The van der Waals surface area contributed by atoms with Crippen LogP contribution >= 0.6 is 0 Å². The Morgan fingerprint density at radius 1 is 1.25 bits per heavy atom. The molecule has 66 valence electrons. The Balaban J connectivity index is 2.13. The van der Waals surface area contributed by atoms with Crippen molar-refractivity contribution in [1.29, 1.82) is 0 Å². The normalized spacial score (nSPS) is 45.4. The van der Waals surface area contributed by atoms with Crippen molar-refractivity contribution < 1.29 is 5.11 Å². The van der Waals surface area contributed by atoms with E-state index in [2.05, 4.69) is 10.0 Å². The Morgan fingerprint density at radius 2 is 1.83 bits per heavy atom. The molecule has 0 aromatic heterocycles. The zero-order chi connectivity index (χ0) is 8.55. The molecule has 12 heavy (non-hydrogen) atoms. The van der Waals surface area contributed by atoms with Crippen LogP contribution in [0.25, 0.3) is 10.4 Å². The summed E-state index contributed by atoms with van der Waals surface area (Å²) in [6, 6.07) is 0.179. The van der Waals surface area contributed by atoms with Gasteiger partial charge in [-0.25, -0.2) is 0 Å². The van der Waals surface area contributed by atoms with Crippen molar-refractivity contribution in [3.05, 3.63) is 10.4 Å². The molecule has 2 aliphatic rings. The quantitative estimate of drug-likeness (QED) is 0.361. The smallest absolute Gasteiger partial charge is 0.0545 e. The van der Waals surface area contributed by atoms with Crippen LogP contribution in [-0.4, -0.2) is 17.3 Å². The molecular weight excluding hydrogens is 154 g/mol. The number of hydrogen-bond donors (Lipinski definition) is 1. The topological polar surface area (TPSA) is 69.0 Å². The van der Waals surface area contributed by atoms with Crippen molar-refractivity contribution in [3.8, 4) is 0 Å². The van der Waals surface area contributed by atoms with Crippen molar-refractivity contribution in [3.63, 3.8) is 0 Å². The van der Waals surface area contributed by atoms with E-state index in [-0.39, 0.29) is 12.1 Å². The lowest BCUT2D eigenvalue weighted by atomic mass is 9.83.